The monoisotopic (exact) mass is 532 g/mol. The number of likely N-dealkylation sites (N-methyl/N-ethyl adjacent to an activating group) is 1. The van der Waals surface area contributed by atoms with Gasteiger partial charge in [0.15, 0.2) is 5.69 Å². The minimum Gasteiger partial charge on any atom is -0.342 e. The number of rotatable bonds is 5. The first-order valence-electron chi connectivity index (χ1n) is 11.7. The molecule has 3 heterocycles. The number of benzene rings is 2. The van der Waals surface area contributed by atoms with Crippen LogP contribution in [0.4, 0.5) is 10.2 Å². The average molecular weight is 533 g/mol. The van der Waals surface area contributed by atoms with Crippen LogP contribution in [-0.2, 0) is 4.79 Å². The Labute approximate surface area is 222 Å². The highest BCUT2D eigenvalue weighted by atomic mass is 35.5. The smallest absolute Gasteiger partial charge is 0.274 e. The normalized spacial score (nSPS) is 13.5. The van der Waals surface area contributed by atoms with Crippen LogP contribution in [0.1, 0.15) is 20.8 Å². The summed E-state index contributed by atoms with van der Waals surface area (Å²) in [4.78, 5) is 45.8. The second kappa shape index (κ2) is 10.4. The largest absolute Gasteiger partial charge is 0.342 e. The van der Waals surface area contributed by atoms with Crippen LogP contribution in [-0.4, -0.2) is 69.0 Å². The van der Waals surface area contributed by atoms with E-state index in [9.17, 15) is 18.8 Å². The SMILES string of the molecule is CN1CCN(C(=O)c2cc(NC(=O)c3cc(-c4ccccn4)c(F)cc3Cl)n(-c3ccccc3)n2)CC1=O. The third kappa shape index (κ3) is 4.98. The highest BCUT2D eigenvalue weighted by Gasteiger charge is 2.28. The number of carbonyl (C=O) groups is 3. The maximum absolute atomic E-state index is 14.7. The van der Waals surface area contributed by atoms with E-state index >= 15 is 0 Å². The maximum atomic E-state index is 14.7. The fourth-order valence-electron chi connectivity index (χ4n) is 4.06. The van der Waals surface area contributed by atoms with Gasteiger partial charge in [0.05, 0.1) is 22.0 Å². The molecule has 2 aromatic carbocycles. The lowest BCUT2D eigenvalue weighted by molar-refractivity contribution is -0.133. The second-order valence-electron chi connectivity index (χ2n) is 8.69. The molecule has 0 atom stereocenters. The molecule has 0 bridgehead atoms. The molecular formula is C27H22ClFN6O3. The molecule has 38 heavy (non-hydrogen) atoms. The first kappa shape index (κ1) is 25.1. The lowest BCUT2D eigenvalue weighted by Gasteiger charge is -2.31. The maximum Gasteiger partial charge on any atom is 0.274 e. The lowest BCUT2D eigenvalue weighted by atomic mass is 10.1. The minimum absolute atomic E-state index is 0.0204. The summed E-state index contributed by atoms with van der Waals surface area (Å²) in [6, 6.07) is 17.8. The number of nitrogens with one attached hydrogen (secondary N) is 1. The molecule has 1 N–H and O–H groups in total. The zero-order valence-corrected chi connectivity index (χ0v) is 21.0. The van der Waals surface area contributed by atoms with Crippen LogP contribution in [0.2, 0.25) is 5.02 Å². The molecular weight excluding hydrogens is 511 g/mol. The lowest BCUT2D eigenvalue weighted by Crippen LogP contribution is -2.50. The Balaban J connectivity index is 1.49. The zero-order valence-electron chi connectivity index (χ0n) is 20.3. The number of anilines is 1. The van der Waals surface area contributed by atoms with Crippen molar-refractivity contribution in [2.24, 2.45) is 0 Å². The van der Waals surface area contributed by atoms with E-state index in [0.29, 0.717) is 24.5 Å². The van der Waals surface area contributed by atoms with Crippen LogP contribution >= 0.6 is 11.6 Å². The van der Waals surface area contributed by atoms with Gasteiger partial charge in [0.1, 0.15) is 18.2 Å². The van der Waals surface area contributed by atoms with Gasteiger partial charge in [0.25, 0.3) is 11.8 Å². The number of carbonyl (C=O) groups excluding carboxylic acids is 3. The van der Waals surface area contributed by atoms with E-state index in [0.717, 1.165) is 6.07 Å². The molecule has 1 saturated heterocycles. The highest BCUT2D eigenvalue weighted by Crippen LogP contribution is 2.29. The number of pyridine rings is 1. The number of amides is 3. The predicted octanol–water partition coefficient (Wildman–Crippen LogP) is 3.89. The molecule has 192 valence electrons. The van der Waals surface area contributed by atoms with Gasteiger partial charge in [-0.3, -0.25) is 19.4 Å². The predicted molar refractivity (Wildman–Crippen MR) is 140 cm³/mol. The van der Waals surface area contributed by atoms with Crippen LogP contribution in [0.15, 0.2) is 72.9 Å². The number of halogens is 2. The van der Waals surface area contributed by atoms with Crippen molar-refractivity contribution in [1.82, 2.24) is 24.6 Å². The fourth-order valence-corrected chi connectivity index (χ4v) is 4.30. The minimum atomic E-state index is -0.627. The van der Waals surface area contributed by atoms with E-state index in [1.807, 2.05) is 6.07 Å². The molecule has 1 aliphatic rings. The van der Waals surface area contributed by atoms with Gasteiger partial charge >= 0.3 is 0 Å². The number of para-hydroxylation sites is 1. The third-order valence-corrected chi connectivity index (χ3v) is 6.47. The number of aromatic nitrogens is 3. The van der Waals surface area contributed by atoms with Crippen molar-refractivity contribution in [2.75, 3.05) is 32.0 Å². The van der Waals surface area contributed by atoms with Gasteiger partial charge in [-0.2, -0.15) is 5.10 Å². The summed E-state index contributed by atoms with van der Waals surface area (Å²) in [5.74, 6) is -1.65. The molecule has 2 aromatic heterocycles. The van der Waals surface area contributed by atoms with Gasteiger partial charge in [0, 0.05) is 38.0 Å². The first-order chi connectivity index (χ1) is 18.3. The summed E-state index contributed by atoms with van der Waals surface area (Å²) >= 11 is 6.25. The van der Waals surface area contributed by atoms with Gasteiger partial charge in [-0.15, -0.1) is 0 Å². The van der Waals surface area contributed by atoms with Gasteiger partial charge < -0.3 is 15.1 Å². The standard InChI is InChI=1S/C27H22ClFN6O3/c1-33-11-12-34(16-25(33)36)27(38)23-15-24(35(32-23)17-7-3-2-4-8-17)31-26(37)18-13-19(21(29)14-20(18)28)22-9-5-6-10-30-22/h2-10,13-15H,11-12,16H2,1H3,(H,31,37). The zero-order chi connectivity index (χ0) is 26.8. The van der Waals surface area contributed by atoms with Gasteiger partial charge in [-0.25, -0.2) is 9.07 Å². The Morgan fingerprint density at radius 3 is 2.50 bits per heavy atom. The molecule has 1 aliphatic heterocycles. The Morgan fingerprint density at radius 1 is 1.03 bits per heavy atom. The van der Waals surface area contributed by atoms with Gasteiger partial charge in [-0.1, -0.05) is 35.9 Å². The summed E-state index contributed by atoms with van der Waals surface area (Å²) in [6.07, 6.45) is 1.52. The Morgan fingerprint density at radius 2 is 1.79 bits per heavy atom. The topological polar surface area (TPSA) is 100 Å². The summed E-state index contributed by atoms with van der Waals surface area (Å²) in [6.45, 7) is 0.717. The van der Waals surface area contributed by atoms with Crippen LogP contribution in [0.3, 0.4) is 0 Å². The molecule has 4 aromatic rings. The summed E-state index contributed by atoms with van der Waals surface area (Å²) in [7, 11) is 1.68. The Bertz CT molecular complexity index is 1530. The summed E-state index contributed by atoms with van der Waals surface area (Å²) in [5.41, 5.74) is 1.13. The molecule has 0 radical (unpaired) electrons. The van der Waals surface area contributed by atoms with E-state index in [4.69, 9.17) is 11.6 Å². The van der Waals surface area contributed by atoms with E-state index in [1.54, 1.807) is 54.4 Å². The van der Waals surface area contributed by atoms with Crippen molar-refractivity contribution in [3.8, 4) is 16.9 Å². The summed E-state index contributed by atoms with van der Waals surface area (Å²) < 4.78 is 16.1. The molecule has 0 unspecified atom stereocenters. The van der Waals surface area contributed by atoms with Crippen molar-refractivity contribution >= 4 is 35.1 Å². The first-order valence-corrected chi connectivity index (χ1v) is 12.1. The van der Waals surface area contributed by atoms with Gasteiger partial charge in [-0.05, 0) is 36.4 Å². The average Bonchev–Trinajstić information content (AvgIpc) is 3.34. The second-order valence-corrected chi connectivity index (χ2v) is 9.09. The quantitative estimate of drug-likeness (QED) is 0.420. The Kier molecular flexibility index (Phi) is 6.89. The molecule has 3 amide bonds. The number of hydrogen-bond donors (Lipinski definition) is 1. The molecule has 1 fully saturated rings. The van der Waals surface area contributed by atoms with Crippen molar-refractivity contribution in [1.29, 1.82) is 0 Å². The molecule has 0 saturated carbocycles. The molecule has 9 nitrogen and oxygen atoms in total. The van der Waals surface area contributed by atoms with Crippen molar-refractivity contribution in [2.45, 2.75) is 0 Å². The van der Waals surface area contributed by atoms with Crippen LogP contribution in [0, 0.1) is 5.82 Å². The van der Waals surface area contributed by atoms with E-state index in [2.05, 4.69) is 15.4 Å². The van der Waals surface area contributed by atoms with Crippen molar-refractivity contribution in [3.05, 3.63) is 95.0 Å². The van der Waals surface area contributed by atoms with Crippen LogP contribution < -0.4 is 5.32 Å². The van der Waals surface area contributed by atoms with Gasteiger partial charge in [0.2, 0.25) is 5.91 Å². The van der Waals surface area contributed by atoms with Crippen LogP contribution in [0.25, 0.3) is 16.9 Å². The number of piperazine rings is 1. The molecule has 11 heteroatoms. The molecule has 0 aliphatic carbocycles. The fraction of sp³-hybridized carbons (Fsp3) is 0.148. The van der Waals surface area contributed by atoms with E-state index in [-0.39, 0.29) is 40.1 Å². The van der Waals surface area contributed by atoms with Crippen molar-refractivity contribution < 1.29 is 18.8 Å². The summed E-state index contributed by atoms with van der Waals surface area (Å²) in [5, 5.41) is 7.09. The number of hydrogen-bond acceptors (Lipinski definition) is 5. The molecule has 5 rings (SSSR count). The van der Waals surface area contributed by atoms with E-state index in [1.165, 1.54) is 27.9 Å². The Hall–Kier alpha value is -4.57. The van der Waals surface area contributed by atoms with E-state index < -0.39 is 17.6 Å². The molecule has 0 spiro atoms. The number of nitrogens with zero attached hydrogens (tertiary/aromatic N) is 5. The van der Waals surface area contributed by atoms with Crippen molar-refractivity contribution in [3.63, 3.8) is 0 Å². The van der Waals surface area contributed by atoms with Crippen LogP contribution in [0.5, 0.6) is 0 Å². The third-order valence-electron chi connectivity index (χ3n) is 6.16. The highest BCUT2D eigenvalue weighted by molar-refractivity contribution is 6.34.